The summed E-state index contributed by atoms with van der Waals surface area (Å²) >= 11 is 0. The van der Waals surface area contributed by atoms with E-state index in [4.69, 9.17) is 10.5 Å². The maximum absolute atomic E-state index is 13.8. The van der Waals surface area contributed by atoms with Crippen LogP contribution < -0.4 is 10.5 Å². The van der Waals surface area contributed by atoms with Gasteiger partial charge in [0.2, 0.25) is 0 Å². The smallest absolute Gasteiger partial charge is 0.165 e. The molecule has 94 valence electrons. The molecule has 0 saturated heterocycles. The SMILES string of the molecule is Cc1cc(CN)cc(F)c1OCc1ccccc1. The van der Waals surface area contributed by atoms with Gasteiger partial charge in [-0.3, -0.25) is 0 Å². The predicted octanol–water partition coefficient (Wildman–Crippen LogP) is 3.17. The lowest BCUT2D eigenvalue weighted by Gasteiger charge is -2.11. The Morgan fingerprint density at radius 1 is 1.11 bits per heavy atom. The number of hydrogen-bond acceptors (Lipinski definition) is 2. The summed E-state index contributed by atoms with van der Waals surface area (Å²) in [7, 11) is 0. The number of aryl methyl sites for hydroxylation is 1. The molecule has 3 heteroatoms. The number of nitrogens with two attached hydrogens (primary N) is 1. The first-order valence-electron chi connectivity index (χ1n) is 5.86. The molecule has 0 aliphatic heterocycles. The molecule has 0 heterocycles. The van der Waals surface area contributed by atoms with Crippen LogP contribution in [0.5, 0.6) is 5.75 Å². The number of halogens is 1. The van der Waals surface area contributed by atoms with Crippen LogP contribution in [0.25, 0.3) is 0 Å². The van der Waals surface area contributed by atoms with Crippen LogP contribution in [0.4, 0.5) is 4.39 Å². The molecule has 0 aromatic heterocycles. The van der Waals surface area contributed by atoms with Gasteiger partial charge in [-0.2, -0.15) is 0 Å². The number of hydrogen-bond donors (Lipinski definition) is 1. The van der Waals surface area contributed by atoms with Crippen LogP contribution in [-0.2, 0) is 13.2 Å². The fraction of sp³-hybridized carbons (Fsp3) is 0.200. The predicted molar refractivity (Wildman–Crippen MR) is 69.8 cm³/mol. The van der Waals surface area contributed by atoms with Gasteiger partial charge in [0.15, 0.2) is 11.6 Å². The van der Waals surface area contributed by atoms with Gasteiger partial charge in [0.25, 0.3) is 0 Å². The summed E-state index contributed by atoms with van der Waals surface area (Å²) in [6.45, 7) is 2.51. The fourth-order valence-corrected chi connectivity index (χ4v) is 1.83. The van der Waals surface area contributed by atoms with E-state index in [1.54, 1.807) is 0 Å². The average Bonchev–Trinajstić information content (AvgIpc) is 2.38. The summed E-state index contributed by atoms with van der Waals surface area (Å²) in [6.07, 6.45) is 0. The Morgan fingerprint density at radius 3 is 2.44 bits per heavy atom. The Morgan fingerprint density at radius 2 is 1.83 bits per heavy atom. The van der Waals surface area contributed by atoms with E-state index < -0.39 is 0 Å². The minimum atomic E-state index is -0.355. The van der Waals surface area contributed by atoms with Gasteiger partial charge in [-0.15, -0.1) is 0 Å². The van der Waals surface area contributed by atoms with Crippen molar-refractivity contribution in [3.63, 3.8) is 0 Å². The van der Waals surface area contributed by atoms with Crippen LogP contribution in [-0.4, -0.2) is 0 Å². The van der Waals surface area contributed by atoms with E-state index in [1.807, 2.05) is 43.3 Å². The monoisotopic (exact) mass is 245 g/mol. The van der Waals surface area contributed by atoms with Gasteiger partial charge in [-0.1, -0.05) is 36.4 Å². The maximum atomic E-state index is 13.8. The minimum absolute atomic E-state index is 0.302. The maximum Gasteiger partial charge on any atom is 0.165 e. The molecule has 0 amide bonds. The van der Waals surface area contributed by atoms with Crippen molar-refractivity contribution in [2.75, 3.05) is 0 Å². The van der Waals surface area contributed by atoms with E-state index in [1.165, 1.54) is 6.07 Å². The molecule has 2 N–H and O–H groups in total. The van der Waals surface area contributed by atoms with E-state index >= 15 is 0 Å². The fourth-order valence-electron chi connectivity index (χ4n) is 1.83. The van der Waals surface area contributed by atoms with Gasteiger partial charge in [0.05, 0.1) is 0 Å². The molecule has 0 aliphatic carbocycles. The first-order valence-corrected chi connectivity index (χ1v) is 5.86. The standard InChI is InChI=1S/C15H16FNO/c1-11-7-13(9-17)8-14(16)15(11)18-10-12-5-3-2-4-6-12/h2-8H,9-10,17H2,1H3. The van der Waals surface area contributed by atoms with Crippen LogP contribution >= 0.6 is 0 Å². The largest absolute Gasteiger partial charge is 0.486 e. The highest BCUT2D eigenvalue weighted by Gasteiger charge is 2.09. The summed E-state index contributed by atoms with van der Waals surface area (Å²) < 4.78 is 19.4. The molecule has 0 atom stereocenters. The second-order valence-corrected chi connectivity index (χ2v) is 4.20. The molecule has 0 fully saturated rings. The zero-order chi connectivity index (χ0) is 13.0. The van der Waals surface area contributed by atoms with E-state index in [2.05, 4.69) is 0 Å². The molecule has 0 radical (unpaired) electrons. The van der Waals surface area contributed by atoms with Gasteiger partial charge >= 0.3 is 0 Å². The number of benzene rings is 2. The molecule has 0 bridgehead atoms. The quantitative estimate of drug-likeness (QED) is 0.898. The summed E-state index contributed by atoms with van der Waals surface area (Å²) in [5.74, 6) is -0.0533. The first kappa shape index (κ1) is 12.6. The lowest BCUT2D eigenvalue weighted by Crippen LogP contribution is -2.02. The molecule has 2 nitrogen and oxygen atoms in total. The third-order valence-electron chi connectivity index (χ3n) is 2.75. The number of ether oxygens (including phenoxy) is 1. The highest BCUT2D eigenvalue weighted by atomic mass is 19.1. The van der Waals surface area contributed by atoms with Crippen LogP contribution in [0.1, 0.15) is 16.7 Å². The lowest BCUT2D eigenvalue weighted by atomic mass is 10.1. The Bertz CT molecular complexity index is 502. The van der Waals surface area contributed by atoms with Crippen LogP contribution in [0.2, 0.25) is 0 Å². The highest BCUT2D eigenvalue weighted by Crippen LogP contribution is 2.24. The van der Waals surface area contributed by atoms with Crippen LogP contribution in [0.15, 0.2) is 42.5 Å². The number of rotatable bonds is 4. The van der Waals surface area contributed by atoms with E-state index in [-0.39, 0.29) is 5.82 Å². The van der Waals surface area contributed by atoms with Crippen molar-refractivity contribution in [1.82, 2.24) is 0 Å². The lowest BCUT2D eigenvalue weighted by molar-refractivity contribution is 0.288. The summed E-state index contributed by atoms with van der Waals surface area (Å²) in [4.78, 5) is 0. The van der Waals surface area contributed by atoms with Gasteiger partial charge < -0.3 is 10.5 Å². The Balaban J connectivity index is 2.15. The van der Waals surface area contributed by atoms with Crippen molar-refractivity contribution in [1.29, 1.82) is 0 Å². The van der Waals surface area contributed by atoms with Crippen LogP contribution in [0.3, 0.4) is 0 Å². The second kappa shape index (κ2) is 5.65. The Labute approximate surface area is 106 Å². The molecular weight excluding hydrogens is 229 g/mol. The van der Waals surface area contributed by atoms with Gasteiger partial charge in [0.1, 0.15) is 6.61 Å². The molecule has 0 unspecified atom stereocenters. The Hall–Kier alpha value is -1.87. The molecule has 2 aromatic carbocycles. The minimum Gasteiger partial charge on any atom is -0.486 e. The zero-order valence-corrected chi connectivity index (χ0v) is 10.3. The molecular formula is C15H16FNO. The van der Waals surface area contributed by atoms with Crippen molar-refractivity contribution in [3.8, 4) is 5.75 Å². The molecule has 0 spiro atoms. The van der Waals surface area contributed by atoms with Crippen molar-refractivity contribution in [3.05, 3.63) is 65.0 Å². The topological polar surface area (TPSA) is 35.2 Å². The third kappa shape index (κ3) is 2.87. The second-order valence-electron chi connectivity index (χ2n) is 4.20. The van der Waals surface area contributed by atoms with Crippen molar-refractivity contribution in [2.24, 2.45) is 5.73 Å². The molecule has 0 saturated carbocycles. The normalized spacial score (nSPS) is 10.4. The zero-order valence-electron chi connectivity index (χ0n) is 10.3. The van der Waals surface area contributed by atoms with Gasteiger partial charge in [-0.25, -0.2) is 4.39 Å². The average molecular weight is 245 g/mol. The highest BCUT2D eigenvalue weighted by molar-refractivity contribution is 5.38. The van der Waals surface area contributed by atoms with E-state index in [0.29, 0.717) is 18.9 Å². The van der Waals surface area contributed by atoms with E-state index in [9.17, 15) is 4.39 Å². The van der Waals surface area contributed by atoms with Crippen molar-refractivity contribution < 1.29 is 9.13 Å². The van der Waals surface area contributed by atoms with Crippen LogP contribution in [0, 0.1) is 12.7 Å². The van der Waals surface area contributed by atoms with Gasteiger partial charge in [-0.05, 0) is 29.7 Å². The summed E-state index contributed by atoms with van der Waals surface area (Å²) in [5.41, 5.74) is 8.05. The molecule has 18 heavy (non-hydrogen) atoms. The summed E-state index contributed by atoms with van der Waals surface area (Å²) in [6, 6.07) is 13.0. The summed E-state index contributed by atoms with van der Waals surface area (Å²) in [5, 5.41) is 0. The molecule has 2 rings (SSSR count). The third-order valence-corrected chi connectivity index (χ3v) is 2.75. The molecule has 0 aliphatic rings. The van der Waals surface area contributed by atoms with Gasteiger partial charge in [0, 0.05) is 6.54 Å². The Kier molecular flexibility index (Phi) is 3.95. The van der Waals surface area contributed by atoms with Crippen molar-refractivity contribution >= 4 is 0 Å². The van der Waals surface area contributed by atoms with E-state index in [0.717, 1.165) is 16.7 Å². The van der Waals surface area contributed by atoms with Crippen molar-refractivity contribution in [2.45, 2.75) is 20.1 Å². The first-order chi connectivity index (χ1) is 8.70. The molecule has 2 aromatic rings.